The molecule has 0 amide bonds. The fourth-order valence-corrected chi connectivity index (χ4v) is 2.76. The Morgan fingerprint density at radius 3 is 2.86 bits per heavy atom. The number of hydrogen-bond acceptors (Lipinski definition) is 3. The standard InChI is InChI=1S/C16H17N5/c1-2-5-13(6-3-1)21-11-12(9-19-21)15-10-18-16(20-15)14-7-4-8-17-14/h1-3,5-6,9-11,14,17H,4,7-8H2,(H,18,20). The van der Waals surface area contributed by atoms with Crippen molar-refractivity contribution in [2.75, 3.05) is 6.54 Å². The Labute approximate surface area is 123 Å². The molecule has 0 bridgehead atoms. The van der Waals surface area contributed by atoms with E-state index in [9.17, 15) is 0 Å². The third-order valence-electron chi connectivity index (χ3n) is 3.90. The topological polar surface area (TPSA) is 58.5 Å². The van der Waals surface area contributed by atoms with Gasteiger partial charge in [-0.3, -0.25) is 0 Å². The third-order valence-corrected chi connectivity index (χ3v) is 3.90. The minimum Gasteiger partial charge on any atom is -0.341 e. The molecule has 0 spiro atoms. The largest absolute Gasteiger partial charge is 0.341 e. The smallest absolute Gasteiger partial charge is 0.123 e. The molecule has 0 aliphatic carbocycles. The molecule has 1 atom stereocenters. The number of imidazole rings is 1. The highest BCUT2D eigenvalue weighted by Gasteiger charge is 2.19. The van der Waals surface area contributed by atoms with E-state index in [4.69, 9.17) is 0 Å². The second-order valence-electron chi connectivity index (χ2n) is 5.34. The molecule has 2 N–H and O–H groups in total. The lowest BCUT2D eigenvalue weighted by Crippen LogP contribution is -2.14. The third kappa shape index (κ3) is 2.36. The van der Waals surface area contributed by atoms with Gasteiger partial charge in [0.25, 0.3) is 0 Å². The Bertz CT molecular complexity index is 722. The molecule has 1 fully saturated rings. The molecular formula is C16H17N5. The summed E-state index contributed by atoms with van der Waals surface area (Å²) in [6, 6.07) is 10.5. The summed E-state index contributed by atoms with van der Waals surface area (Å²) in [5.74, 6) is 1.02. The van der Waals surface area contributed by atoms with Crippen LogP contribution in [0.2, 0.25) is 0 Å². The van der Waals surface area contributed by atoms with Crippen LogP contribution in [0.4, 0.5) is 0 Å². The lowest BCUT2D eigenvalue weighted by Gasteiger charge is -2.04. The molecule has 2 aromatic heterocycles. The van der Waals surface area contributed by atoms with E-state index < -0.39 is 0 Å². The maximum absolute atomic E-state index is 4.50. The van der Waals surface area contributed by atoms with E-state index in [0.717, 1.165) is 35.7 Å². The number of H-pyrrole nitrogens is 1. The van der Waals surface area contributed by atoms with E-state index in [-0.39, 0.29) is 0 Å². The van der Waals surface area contributed by atoms with Gasteiger partial charge in [0, 0.05) is 11.8 Å². The van der Waals surface area contributed by atoms with Gasteiger partial charge in [-0.1, -0.05) is 18.2 Å². The van der Waals surface area contributed by atoms with Crippen LogP contribution in [0.15, 0.2) is 48.9 Å². The van der Waals surface area contributed by atoms with E-state index in [1.54, 1.807) is 0 Å². The van der Waals surface area contributed by atoms with Gasteiger partial charge in [-0.25, -0.2) is 9.67 Å². The number of para-hydroxylation sites is 1. The van der Waals surface area contributed by atoms with Crippen LogP contribution in [-0.4, -0.2) is 26.3 Å². The van der Waals surface area contributed by atoms with Crippen molar-refractivity contribution in [2.45, 2.75) is 18.9 Å². The Balaban J connectivity index is 1.61. The van der Waals surface area contributed by atoms with Crippen LogP contribution >= 0.6 is 0 Å². The molecule has 21 heavy (non-hydrogen) atoms. The fourth-order valence-electron chi connectivity index (χ4n) is 2.76. The molecule has 0 radical (unpaired) electrons. The molecule has 3 aromatic rings. The Morgan fingerprint density at radius 1 is 1.14 bits per heavy atom. The second kappa shape index (κ2) is 5.18. The zero-order valence-corrected chi connectivity index (χ0v) is 11.7. The van der Waals surface area contributed by atoms with Gasteiger partial charge in [-0.05, 0) is 31.5 Å². The first-order valence-electron chi connectivity index (χ1n) is 7.29. The average molecular weight is 279 g/mol. The number of benzene rings is 1. The van der Waals surface area contributed by atoms with E-state index in [1.165, 1.54) is 6.42 Å². The first kappa shape index (κ1) is 12.3. The van der Waals surface area contributed by atoms with Crippen LogP contribution in [0.25, 0.3) is 16.9 Å². The molecule has 5 heteroatoms. The number of aromatic amines is 1. The van der Waals surface area contributed by atoms with Crippen molar-refractivity contribution >= 4 is 0 Å². The van der Waals surface area contributed by atoms with Crippen LogP contribution in [0.3, 0.4) is 0 Å². The summed E-state index contributed by atoms with van der Waals surface area (Å²) in [6.07, 6.45) is 8.14. The lowest BCUT2D eigenvalue weighted by molar-refractivity contribution is 0.613. The Hall–Kier alpha value is -2.40. The van der Waals surface area contributed by atoms with Gasteiger partial charge in [0.1, 0.15) is 5.82 Å². The van der Waals surface area contributed by atoms with Crippen LogP contribution in [-0.2, 0) is 0 Å². The molecule has 0 saturated carbocycles. The first-order chi connectivity index (χ1) is 10.4. The van der Waals surface area contributed by atoms with Crippen molar-refractivity contribution in [3.05, 3.63) is 54.7 Å². The predicted octanol–water partition coefficient (Wildman–Crippen LogP) is 2.69. The molecule has 1 aliphatic rings. The minimum absolute atomic E-state index is 0.364. The Morgan fingerprint density at radius 2 is 2.05 bits per heavy atom. The summed E-state index contributed by atoms with van der Waals surface area (Å²) in [6.45, 7) is 1.08. The van der Waals surface area contributed by atoms with Gasteiger partial charge in [0.2, 0.25) is 0 Å². The van der Waals surface area contributed by atoms with E-state index in [1.807, 2.05) is 53.6 Å². The molecule has 1 aliphatic heterocycles. The van der Waals surface area contributed by atoms with Gasteiger partial charge >= 0.3 is 0 Å². The highest BCUT2D eigenvalue weighted by atomic mass is 15.3. The maximum atomic E-state index is 4.50. The monoisotopic (exact) mass is 279 g/mol. The summed E-state index contributed by atoms with van der Waals surface area (Å²) < 4.78 is 1.88. The van der Waals surface area contributed by atoms with Crippen molar-refractivity contribution in [3.63, 3.8) is 0 Å². The molecule has 5 nitrogen and oxygen atoms in total. The van der Waals surface area contributed by atoms with Crippen molar-refractivity contribution in [3.8, 4) is 16.9 Å². The molecule has 3 heterocycles. The van der Waals surface area contributed by atoms with Gasteiger partial charge < -0.3 is 10.3 Å². The van der Waals surface area contributed by atoms with Crippen molar-refractivity contribution < 1.29 is 0 Å². The van der Waals surface area contributed by atoms with Crippen LogP contribution in [0.1, 0.15) is 24.7 Å². The number of nitrogens with one attached hydrogen (secondary N) is 2. The van der Waals surface area contributed by atoms with Gasteiger partial charge in [0.15, 0.2) is 0 Å². The number of rotatable bonds is 3. The molecule has 1 unspecified atom stereocenters. The number of nitrogens with zero attached hydrogens (tertiary/aromatic N) is 3. The van der Waals surface area contributed by atoms with E-state index >= 15 is 0 Å². The molecule has 4 rings (SSSR count). The molecule has 106 valence electrons. The SMILES string of the molecule is c1ccc(-n2cc(-c3cnc(C4CCCN4)[nH]3)cn2)cc1. The van der Waals surface area contributed by atoms with Crippen molar-refractivity contribution in [1.82, 2.24) is 25.1 Å². The second-order valence-corrected chi connectivity index (χ2v) is 5.34. The fraction of sp³-hybridized carbons (Fsp3) is 0.250. The van der Waals surface area contributed by atoms with Gasteiger partial charge in [-0.2, -0.15) is 5.10 Å². The van der Waals surface area contributed by atoms with Crippen molar-refractivity contribution in [2.24, 2.45) is 0 Å². The first-order valence-corrected chi connectivity index (χ1v) is 7.29. The molecular weight excluding hydrogens is 262 g/mol. The predicted molar refractivity (Wildman–Crippen MR) is 81.1 cm³/mol. The summed E-state index contributed by atoms with van der Waals surface area (Å²) >= 11 is 0. The highest BCUT2D eigenvalue weighted by Crippen LogP contribution is 2.24. The summed E-state index contributed by atoms with van der Waals surface area (Å²) in [5.41, 5.74) is 3.12. The highest BCUT2D eigenvalue weighted by molar-refractivity contribution is 5.57. The molecule has 1 saturated heterocycles. The number of hydrogen-bond donors (Lipinski definition) is 2. The minimum atomic E-state index is 0.364. The lowest BCUT2D eigenvalue weighted by atomic mass is 10.2. The zero-order chi connectivity index (χ0) is 14.1. The van der Waals surface area contributed by atoms with Crippen molar-refractivity contribution in [1.29, 1.82) is 0 Å². The maximum Gasteiger partial charge on any atom is 0.123 e. The van der Waals surface area contributed by atoms with Crippen LogP contribution < -0.4 is 5.32 Å². The van der Waals surface area contributed by atoms with Crippen LogP contribution in [0, 0.1) is 0 Å². The zero-order valence-electron chi connectivity index (χ0n) is 11.7. The summed E-state index contributed by atoms with van der Waals surface area (Å²) in [5, 5.41) is 7.88. The Kier molecular flexibility index (Phi) is 3.05. The average Bonchev–Trinajstić information content (AvgIpc) is 3.27. The van der Waals surface area contributed by atoms with E-state index in [2.05, 4.69) is 20.4 Å². The normalized spacial score (nSPS) is 18.2. The van der Waals surface area contributed by atoms with Gasteiger partial charge in [-0.15, -0.1) is 0 Å². The molecule has 1 aromatic carbocycles. The van der Waals surface area contributed by atoms with Gasteiger partial charge in [0.05, 0.1) is 29.8 Å². The van der Waals surface area contributed by atoms with Crippen LogP contribution in [0.5, 0.6) is 0 Å². The summed E-state index contributed by atoms with van der Waals surface area (Å²) in [4.78, 5) is 7.91. The number of aromatic nitrogens is 4. The van der Waals surface area contributed by atoms with E-state index in [0.29, 0.717) is 6.04 Å². The quantitative estimate of drug-likeness (QED) is 0.775. The summed E-state index contributed by atoms with van der Waals surface area (Å²) in [7, 11) is 0.